The number of carbonyl (C=O) groups is 1. The number of aryl methyl sites for hydroxylation is 2. The zero-order chi connectivity index (χ0) is 18.1. The van der Waals surface area contributed by atoms with Gasteiger partial charge in [0.15, 0.2) is 0 Å². The summed E-state index contributed by atoms with van der Waals surface area (Å²) in [5.41, 5.74) is 4.38. The van der Waals surface area contributed by atoms with Crippen molar-refractivity contribution in [2.45, 2.75) is 57.9 Å². The first kappa shape index (κ1) is 16.1. The largest absolute Gasteiger partial charge is 0.345 e. The summed E-state index contributed by atoms with van der Waals surface area (Å²) in [5, 5.41) is 15.2. The lowest BCUT2D eigenvalue weighted by Crippen LogP contribution is -2.59. The first-order valence-electron chi connectivity index (χ1n) is 9.81. The van der Waals surface area contributed by atoms with E-state index < -0.39 is 0 Å². The zero-order valence-electron chi connectivity index (χ0n) is 15.8. The summed E-state index contributed by atoms with van der Waals surface area (Å²) in [5.74, 6) is 2.45. The molecule has 4 bridgehead atoms. The molecule has 1 amide bonds. The summed E-state index contributed by atoms with van der Waals surface area (Å²) >= 11 is 0. The monoisotopic (exact) mass is 353 g/mol. The van der Waals surface area contributed by atoms with Gasteiger partial charge in [-0.05, 0) is 76.2 Å². The number of rotatable bonds is 3. The first-order valence-corrected chi connectivity index (χ1v) is 9.81. The molecule has 6 nitrogen and oxygen atoms in total. The third-order valence-corrected chi connectivity index (χ3v) is 7.00. The van der Waals surface area contributed by atoms with E-state index in [1.165, 1.54) is 19.3 Å². The molecule has 0 aromatic carbocycles. The summed E-state index contributed by atoms with van der Waals surface area (Å²) in [4.78, 5) is 12.9. The highest BCUT2D eigenvalue weighted by Gasteiger charge is 2.51. The van der Waals surface area contributed by atoms with Gasteiger partial charge in [0.25, 0.3) is 5.91 Å². The van der Waals surface area contributed by atoms with Gasteiger partial charge >= 0.3 is 0 Å². The predicted octanol–water partition coefficient (Wildman–Crippen LogP) is 3.13. The Labute approximate surface area is 153 Å². The van der Waals surface area contributed by atoms with Gasteiger partial charge in [-0.1, -0.05) is 0 Å². The van der Waals surface area contributed by atoms with Gasteiger partial charge < -0.3 is 5.32 Å². The second kappa shape index (κ2) is 5.44. The van der Waals surface area contributed by atoms with Crippen molar-refractivity contribution in [2.75, 3.05) is 0 Å². The van der Waals surface area contributed by atoms with Crippen molar-refractivity contribution in [3.63, 3.8) is 0 Å². The van der Waals surface area contributed by atoms with E-state index in [0.29, 0.717) is 5.69 Å². The maximum absolute atomic E-state index is 12.9. The third kappa shape index (κ3) is 2.42. The van der Waals surface area contributed by atoms with Crippen LogP contribution < -0.4 is 5.32 Å². The summed E-state index contributed by atoms with van der Waals surface area (Å²) in [6.07, 6.45) is 7.61. The van der Waals surface area contributed by atoms with Crippen LogP contribution in [0.3, 0.4) is 0 Å². The van der Waals surface area contributed by atoms with E-state index in [4.69, 9.17) is 0 Å². The molecule has 0 spiro atoms. The third-order valence-electron chi connectivity index (χ3n) is 7.00. The van der Waals surface area contributed by atoms with Crippen LogP contribution in [0.4, 0.5) is 0 Å². The fourth-order valence-corrected chi connectivity index (χ4v) is 6.28. The number of hydrogen-bond donors (Lipinski definition) is 2. The molecule has 2 heterocycles. The number of nitrogens with one attached hydrogen (secondary N) is 2. The Morgan fingerprint density at radius 2 is 1.81 bits per heavy atom. The molecular weight excluding hydrogens is 326 g/mol. The lowest BCUT2D eigenvalue weighted by atomic mass is 9.53. The first-order chi connectivity index (χ1) is 12.4. The van der Waals surface area contributed by atoms with E-state index in [1.807, 2.05) is 31.6 Å². The van der Waals surface area contributed by atoms with Crippen molar-refractivity contribution < 1.29 is 4.79 Å². The van der Waals surface area contributed by atoms with Crippen LogP contribution in [0.25, 0.3) is 11.3 Å². The van der Waals surface area contributed by atoms with Crippen molar-refractivity contribution in [3.8, 4) is 11.3 Å². The molecule has 6 heteroatoms. The number of amides is 1. The Bertz CT molecular complexity index is 842. The summed E-state index contributed by atoms with van der Waals surface area (Å²) in [7, 11) is 1.93. The van der Waals surface area contributed by atoms with E-state index in [2.05, 4.69) is 20.6 Å². The van der Waals surface area contributed by atoms with Crippen LogP contribution >= 0.6 is 0 Å². The van der Waals surface area contributed by atoms with Gasteiger partial charge in [0.05, 0.1) is 11.4 Å². The second-order valence-corrected chi connectivity index (χ2v) is 8.99. The number of H-pyrrole nitrogens is 1. The van der Waals surface area contributed by atoms with Crippen molar-refractivity contribution in [1.82, 2.24) is 25.3 Å². The van der Waals surface area contributed by atoms with Crippen LogP contribution in [0, 0.1) is 31.6 Å². The molecule has 4 fully saturated rings. The molecule has 0 aliphatic heterocycles. The number of nitrogens with zero attached hydrogens (tertiary/aromatic N) is 3. The Morgan fingerprint density at radius 1 is 1.19 bits per heavy atom. The van der Waals surface area contributed by atoms with Crippen molar-refractivity contribution >= 4 is 5.91 Å². The number of aromatic nitrogens is 4. The highest BCUT2D eigenvalue weighted by atomic mass is 16.2. The van der Waals surface area contributed by atoms with Crippen molar-refractivity contribution in [3.05, 3.63) is 23.1 Å². The minimum atomic E-state index is -0.00936. The van der Waals surface area contributed by atoms with Crippen LogP contribution in [0.15, 0.2) is 6.07 Å². The van der Waals surface area contributed by atoms with Gasteiger partial charge in [-0.2, -0.15) is 10.2 Å². The molecule has 4 saturated carbocycles. The lowest BCUT2D eigenvalue weighted by molar-refractivity contribution is -0.0167. The fraction of sp³-hybridized carbons (Fsp3) is 0.650. The smallest absolute Gasteiger partial charge is 0.269 e. The van der Waals surface area contributed by atoms with Gasteiger partial charge in [-0.15, -0.1) is 0 Å². The van der Waals surface area contributed by atoms with Crippen LogP contribution in [0.5, 0.6) is 0 Å². The summed E-state index contributed by atoms with van der Waals surface area (Å²) < 4.78 is 1.86. The Hall–Kier alpha value is -2.11. The molecule has 0 atom stereocenters. The highest BCUT2D eigenvalue weighted by molar-refractivity contribution is 5.94. The van der Waals surface area contributed by atoms with Crippen LogP contribution in [-0.4, -0.2) is 31.4 Å². The van der Waals surface area contributed by atoms with Gasteiger partial charge in [0.1, 0.15) is 5.69 Å². The SMILES string of the molecule is Cc1nn(C)c(C)c1-c1cc(C(=O)NC23CC4CC(CC(C4)C2)C3)[nH]n1. The number of aromatic amines is 1. The molecule has 0 radical (unpaired) electrons. The Morgan fingerprint density at radius 3 is 2.35 bits per heavy atom. The van der Waals surface area contributed by atoms with Crippen LogP contribution in [0.2, 0.25) is 0 Å². The van der Waals surface area contributed by atoms with Gasteiger partial charge in [0, 0.05) is 23.8 Å². The predicted molar refractivity (Wildman–Crippen MR) is 98.6 cm³/mol. The quantitative estimate of drug-likeness (QED) is 0.890. The molecule has 26 heavy (non-hydrogen) atoms. The Kier molecular flexibility index (Phi) is 3.37. The molecule has 138 valence electrons. The number of hydrogen-bond acceptors (Lipinski definition) is 3. The molecular formula is C20H27N5O. The van der Waals surface area contributed by atoms with E-state index in [0.717, 1.165) is 59.7 Å². The molecule has 4 aliphatic rings. The van der Waals surface area contributed by atoms with Crippen LogP contribution in [-0.2, 0) is 7.05 Å². The fourth-order valence-electron chi connectivity index (χ4n) is 6.28. The minimum absolute atomic E-state index is 0.00936. The second-order valence-electron chi connectivity index (χ2n) is 8.99. The van der Waals surface area contributed by atoms with E-state index in [-0.39, 0.29) is 11.4 Å². The topological polar surface area (TPSA) is 75.6 Å². The van der Waals surface area contributed by atoms with Crippen LogP contribution in [0.1, 0.15) is 60.4 Å². The maximum atomic E-state index is 12.9. The lowest BCUT2D eigenvalue weighted by Gasteiger charge is -2.56. The number of carbonyl (C=O) groups excluding carboxylic acids is 1. The van der Waals surface area contributed by atoms with Crippen molar-refractivity contribution in [1.29, 1.82) is 0 Å². The van der Waals surface area contributed by atoms with E-state index in [9.17, 15) is 4.79 Å². The molecule has 0 unspecified atom stereocenters. The maximum Gasteiger partial charge on any atom is 0.269 e. The molecule has 6 rings (SSSR count). The van der Waals surface area contributed by atoms with Gasteiger partial charge in [-0.3, -0.25) is 14.6 Å². The molecule has 4 aliphatic carbocycles. The normalized spacial score (nSPS) is 32.2. The summed E-state index contributed by atoms with van der Waals surface area (Å²) in [6.45, 7) is 4.01. The molecule has 2 aromatic heterocycles. The van der Waals surface area contributed by atoms with Gasteiger partial charge in [0.2, 0.25) is 0 Å². The highest BCUT2D eigenvalue weighted by Crippen LogP contribution is 2.55. The molecule has 2 aromatic rings. The molecule has 0 saturated heterocycles. The van der Waals surface area contributed by atoms with E-state index in [1.54, 1.807) is 0 Å². The average Bonchev–Trinajstić information content (AvgIpc) is 3.11. The summed E-state index contributed by atoms with van der Waals surface area (Å²) in [6, 6.07) is 1.87. The standard InChI is InChI=1S/C20H27N5O/c1-11-18(12(2)25(3)24-11)16-7-17(23-22-16)19(26)21-20-8-13-4-14(9-20)6-15(5-13)10-20/h7,13-15H,4-6,8-10H2,1-3H3,(H,21,26)(H,22,23). The van der Waals surface area contributed by atoms with Gasteiger partial charge in [-0.25, -0.2) is 0 Å². The Balaban J connectivity index is 1.38. The molecule has 2 N–H and O–H groups in total. The zero-order valence-corrected chi connectivity index (χ0v) is 15.8. The van der Waals surface area contributed by atoms with Crippen molar-refractivity contribution in [2.24, 2.45) is 24.8 Å². The minimum Gasteiger partial charge on any atom is -0.345 e. The average molecular weight is 353 g/mol. The van der Waals surface area contributed by atoms with E-state index >= 15 is 0 Å².